The Balaban J connectivity index is 1.46. The van der Waals surface area contributed by atoms with E-state index in [0.717, 1.165) is 24.8 Å². The van der Waals surface area contributed by atoms with Crippen molar-refractivity contribution in [1.82, 2.24) is 5.32 Å². The van der Waals surface area contributed by atoms with E-state index in [4.69, 9.17) is 16.3 Å². The fourth-order valence-corrected chi connectivity index (χ4v) is 5.82. The van der Waals surface area contributed by atoms with E-state index in [1.807, 2.05) is 6.92 Å². The normalized spacial score (nSPS) is 31.6. The standard InChI is InChI=1S/C20H25ClN2O3/c1-11-3-16(17(26-2)7-15(11)21)22-18(24)19(25)23-20-8-12-4-13(9-20)6-14(5-12)10-20/h3,7,12-14H,4-6,8-10H2,1-2H3,(H,22,24)(H,23,25). The number of hydrogen-bond acceptors (Lipinski definition) is 3. The maximum Gasteiger partial charge on any atom is 0.313 e. The van der Waals surface area contributed by atoms with Crippen molar-refractivity contribution in [1.29, 1.82) is 0 Å². The molecule has 4 saturated carbocycles. The maximum absolute atomic E-state index is 12.6. The summed E-state index contributed by atoms with van der Waals surface area (Å²) in [6.45, 7) is 1.84. The highest BCUT2D eigenvalue weighted by Crippen LogP contribution is 2.55. The molecule has 5 nitrogen and oxygen atoms in total. The topological polar surface area (TPSA) is 67.4 Å². The van der Waals surface area contributed by atoms with Gasteiger partial charge in [-0.25, -0.2) is 0 Å². The summed E-state index contributed by atoms with van der Waals surface area (Å²) >= 11 is 6.10. The van der Waals surface area contributed by atoms with E-state index in [0.29, 0.717) is 34.2 Å². The predicted octanol–water partition coefficient (Wildman–Crippen LogP) is 3.68. The summed E-state index contributed by atoms with van der Waals surface area (Å²) in [7, 11) is 1.51. The largest absolute Gasteiger partial charge is 0.495 e. The van der Waals surface area contributed by atoms with Crippen molar-refractivity contribution in [3.05, 3.63) is 22.7 Å². The van der Waals surface area contributed by atoms with E-state index in [9.17, 15) is 9.59 Å². The Hall–Kier alpha value is -1.75. The predicted molar refractivity (Wildman–Crippen MR) is 100 cm³/mol. The summed E-state index contributed by atoms with van der Waals surface area (Å²) in [5.74, 6) is 1.37. The SMILES string of the molecule is COc1cc(Cl)c(C)cc1NC(=O)C(=O)NC12CC3CC(CC(C3)C1)C2. The van der Waals surface area contributed by atoms with Crippen LogP contribution in [-0.2, 0) is 9.59 Å². The Labute approximate surface area is 158 Å². The van der Waals surface area contributed by atoms with Crippen LogP contribution in [0.25, 0.3) is 0 Å². The molecule has 1 aromatic rings. The van der Waals surface area contributed by atoms with Crippen LogP contribution in [-0.4, -0.2) is 24.5 Å². The number of halogens is 1. The van der Waals surface area contributed by atoms with Crippen molar-refractivity contribution in [2.75, 3.05) is 12.4 Å². The van der Waals surface area contributed by atoms with Gasteiger partial charge in [0.15, 0.2) is 0 Å². The highest BCUT2D eigenvalue weighted by molar-refractivity contribution is 6.40. The van der Waals surface area contributed by atoms with Crippen molar-refractivity contribution in [2.24, 2.45) is 17.8 Å². The molecule has 0 atom stereocenters. The molecular weight excluding hydrogens is 352 g/mol. The van der Waals surface area contributed by atoms with E-state index in [1.165, 1.54) is 26.4 Å². The second-order valence-corrected chi connectivity index (χ2v) is 8.82. The number of carbonyl (C=O) groups excluding carboxylic acids is 2. The molecule has 0 radical (unpaired) electrons. The molecule has 1 aromatic carbocycles. The van der Waals surface area contributed by atoms with Crippen LogP contribution in [0.5, 0.6) is 5.75 Å². The van der Waals surface area contributed by atoms with Crippen LogP contribution in [0, 0.1) is 24.7 Å². The number of anilines is 1. The lowest BCUT2D eigenvalue weighted by atomic mass is 9.53. The van der Waals surface area contributed by atoms with Gasteiger partial charge < -0.3 is 15.4 Å². The quantitative estimate of drug-likeness (QED) is 0.791. The fraction of sp³-hybridized carbons (Fsp3) is 0.600. The molecule has 4 aliphatic rings. The van der Waals surface area contributed by atoms with Crippen molar-refractivity contribution >= 4 is 29.1 Å². The van der Waals surface area contributed by atoms with Crippen molar-refractivity contribution < 1.29 is 14.3 Å². The number of carbonyl (C=O) groups is 2. The van der Waals surface area contributed by atoms with Crippen LogP contribution in [0.3, 0.4) is 0 Å². The van der Waals surface area contributed by atoms with Gasteiger partial charge in [0.2, 0.25) is 0 Å². The summed E-state index contributed by atoms with van der Waals surface area (Å²) in [6.07, 6.45) is 6.93. The van der Waals surface area contributed by atoms with Crippen LogP contribution < -0.4 is 15.4 Å². The lowest BCUT2D eigenvalue weighted by Crippen LogP contribution is -2.61. The lowest BCUT2D eigenvalue weighted by Gasteiger charge is -2.56. The van der Waals surface area contributed by atoms with E-state index in [2.05, 4.69) is 10.6 Å². The third-order valence-corrected chi connectivity index (χ3v) is 6.76. The van der Waals surface area contributed by atoms with Crippen molar-refractivity contribution in [3.8, 4) is 5.75 Å². The Morgan fingerprint density at radius 3 is 2.19 bits per heavy atom. The molecule has 0 saturated heterocycles. The van der Waals surface area contributed by atoms with Gasteiger partial charge in [0.05, 0.1) is 12.8 Å². The van der Waals surface area contributed by atoms with E-state index < -0.39 is 11.8 Å². The van der Waals surface area contributed by atoms with Gasteiger partial charge in [0.1, 0.15) is 5.75 Å². The summed E-state index contributed by atoms with van der Waals surface area (Å²) in [5.41, 5.74) is 1.09. The second-order valence-electron chi connectivity index (χ2n) is 8.41. The molecule has 0 unspecified atom stereocenters. The average molecular weight is 377 g/mol. The Morgan fingerprint density at radius 2 is 1.65 bits per heavy atom. The lowest BCUT2D eigenvalue weighted by molar-refractivity contribution is -0.139. The summed E-state index contributed by atoms with van der Waals surface area (Å²) < 4.78 is 5.26. The number of nitrogens with one attached hydrogen (secondary N) is 2. The van der Waals surface area contributed by atoms with Crippen LogP contribution in [0.1, 0.15) is 44.1 Å². The maximum atomic E-state index is 12.6. The molecule has 4 aliphatic carbocycles. The third-order valence-electron chi connectivity index (χ3n) is 6.35. The van der Waals surface area contributed by atoms with Gasteiger partial charge in [-0.2, -0.15) is 0 Å². The average Bonchev–Trinajstić information content (AvgIpc) is 2.56. The molecule has 0 aromatic heterocycles. The van der Waals surface area contributed by atoms with Gasteiger partial charge in [0, 0.05) is 16.6 Å². The first-order chi connectivity index (χ1) is 12.4. The molecule has 2 amide bonds. The number of benzene rings is 1. The molecule has 0 heterocycles. The third kappa shape index (κ3) is 3.18. The van der Waals surface area contributed by atoms with Crippen LogP contribution >= 0.6 is 11.6 Å². The van der Waals surface area contributed by atoms with Gasteiger partial charge in [-0.3, -0.25) is 9.59 Å². The van der Waals surface area contributed by atoms with E-state index >= 15 is 0 Å². The number of ether oxygens (including phenoxy) is 1. The Kier molecular flexibility index (Phi) is 4.38. The Bertz CT molecular complexity index is 726. The zero-order chi connectivity index (χ0) is 18.5. The molecule has 5 rings (SSSR count). The molecular formula is C20H25ClN2O3. The Morgan fingerprint density at radius 1 is 1.08 bits per heavy atom. The molecule has 26 heavy (non-hydrogen) atoms. The number of methoxy groups -OCH3 is 1. The molecule has 0 aliphatic heterocycles. The zero-order valence-corrected chi connectivity index (χ0v) is 16.0. The molecule has 4 bridgehead atoms. The minimum Gasteiger partial charge on any atom is -0.495 e. The second kappa shape index (κ2) is 6.45. The number of aryl methyl sites for hydroxylation is 1. The van der Waals surface area contributed by atoms with Crippen LogP contribution in [0.15, 0.2) is 12.1 Å². The first kappa shape index (κ1) is 17.7. The molecule has 140 valence electrons. The van der Waals surface area contributed by atoms with Gasteiger partial charge in [-0.05, 0) is 74.8 Å². The van der Waals surface area contributed by atoms with Crippen molar-refractivity contribution in [2.45, 2.75) is 51.0 Å². The smallest absolute Gasteiger partial charge is 0.313 e. The first-order valence-electron chi connectivity index (χ1n) is 9.35. The minimum atomic E-state index is -0.652. The highest BCUT2D eigenvalue weighted by Gasteiger charge is 2.51. The fourth-order valence-electron chi connectivity index (χ4n) is 5.67. The molecule has 2 N–H and O–H groups in total. The van der Waals surface area contributed by atoms with Gasteiger partial charge in [0.25, 0.3) is 0 Å². The van der Waals surface area contributed by atoms with Gasteiger partial charge >= 0.3 is 11.8 Å². The zero-order valence-electron chi connectivity index (χ0n) is 15.2. The first-order valence-corrected chi connectivity index (χ1v) is 9.73. The van der Waals surface area contributed by atoms with Gasteiger partial charge in [-0.1, -0.05) is 11.6 Å². The monoisotopic (exact) mass is 376 g/mol. The molecule has 4 fully saturated rings. The summed E-state index contributed by atoms with van der Waals surface area (Å²) in [6, 6.07) is 3.36. The number of amides is 2. The van der Waals surface area contributed by atoms with E-state index in [1.54, 1.807) is 12.1 Å². The van der Waals surface area contributed by atoms with Crippen LogP contribution in [0.2, 0.25) is 5.02 Å². The molecule has 6 heteroatoms. The minimum absolute atomic E-state index is 0.177. The van der Waals surface area contributed by atoms with Gasteiger partial charge in [-0.15, -0.1) is 0 Å². The highest BCUT2D eigenvalue weighted by atomic mass is 35.5. The van der Waals surface area contributed by atoms with Crippen LogP contribution in [0.4, 0.5) is 5.69 Å². The number of rotatable bonds is 3. The summed E-state index contributed by atoms with van der Waals surface area (Å²) in [4.78, 5) is 25.1. The molecule has 0 spiro atoms. The summed E-state index contributed by atoms with van der Waals surface area (Å²) in [5, 5.41) is 6.32. The number of hydrogen-bond donors (Lipinski definition) is 2. The van der Waals surface area contributed by atoms with Crippen molar-refractivity contribution in [3.63, 3.8) is 0 Å². The van der Waals surface area contributed by atoms with E-state index in [-0.39, 0.29) is 5.54 Å².